The summed E-state index contributed by atoms with van der Waals surface area (Å²) in [5.74, 6) is 0.857. The first kappa shape index (κ1) is 14.3. The van der Waals surface area contributed by atoms with Gasteiger partial charge in [0.2, 0.25) is 5.13 Å². The predicted molar refractivity (Wildman–Crippen MR) is 86.2 cm³/mol. The maximum Gasteiger partial charge on any atom is 0.208 e. The molecular weight excluding hydrogens is 284 g/mol. The van der Waals surface area contributed by atoms with Gasteiger partial charge in [0.1, 0.15) is 10.8 Å². The molecule has 1 aromatic heterocycles. The normalized spacial score (nSPS) is 15.9. The third kappa shape index (κ3) is 3.16. The molecule has 0 amide bonds. The number of aromatic nitrogens is 2. The lowest BCUT2D eigenvalue weighted by Crippen LogP contribution is -2.41. The number of nitrogens with zero attached hydrogens (tertiary/aromatic N) is 3. The first-order valence-corrected chi connectivity index (χ1v) is 8.01. The number of piperidine rings is 1. The molecule has 0 spiro atoms. The predicted octanol–water partition coefficient (Wildman–Crippen LogP) is 2.40. The molecule has 1 aromatic carbocycles. The highest BCUT2D eigenvalue weighted by Crippen LogP contribution is 2.31. The van der Waals surface area contributed by atoms with E-state index in [2.05, 4.69) is 27.5 Å². The van der Waals surface area contributed by atoms with Gasteiger partial charge >= 0.3 is 0 Å². The SMILES string of the molecule is COc1ccc(-c2nnc(N(C)C3CCNCC3)s2)cc1. The highest BCUT2D eigenvalue weighted by molar-refractivity contribution is 7.18. The van der Waals surface area contributed by atoms with E-state index in [9.17, 15) is 0 Å². The summed E-state index contributed by atoms with van der Waals surface area (Å²) in [6.45, 7) is 2.16. The largest absolute Gasteiger partial charge is 0.497 e. The zero-order valence-corrected chi connectivity index (χ0v) is 13.2. The summed E-state index contributed by atoms with van der Waals surface area (Å²) >= 11 is 1.64. The van der Waals surface area contributed by atoms with E-state index in [4.69, 9.17) is 4.74 Å². The molecule has 1 saturated heterocycles. The van der Waals surface area contributed by atoms with Crippen molar-refractivity contribution < 1.29 is 4.74 Å². The van der Waals surface area contributed by atoms with Crippen molar-refractivity contribution in [3.63, 3.8) is 0 Å². The number of hydrogen-bond donors (Lipinski definition) is 1. The smallest absolute Gasteiger partial charge is 0.208 e. The van der Waals surface area contributed by atoms with Crippen molar-refractivity contribution in [2.45, 2.75) is 18.9 Å². The second-order valence-corrected chi connectivity index (χ2v) is 6.17. The molecule has 0 aliphatic carbocycles. The summed E-state index contributed by atoms with van der Waals surface area (Å²) < 4.78 is 5.18. The van der Waals surface area contributed by atoms with Crippen molar-refractivity contribution in [1.82, 2.24) is 15.5 Å². The maximum absolute atomic E-state index is 5.18. The van der Waals surface area contributed by atoms with Crippen LogP contribution in [0.5, 0.6) is 5.75 Å². The van der Waals surface area contributed by atoms with Crippen LogP contribution in [0.2, 0.25) is 0 Å². The number of rotatable bonds is 4. The second-order valence-electron chi connectivity index (χ2n) is 5.21. The summed E-state index contributed by atoms with van der Waals surface area (Å²) in [4.78, 5) is 2.27. The fourth-order valence-corrected chi connectivity index (χ4v) is 3.44. The van der Waals surface area contributed by atoms with Crippen LogP contribution in [-0.4, -0.2) is 43.5 Å². The van der Waals surface area contributed by atoms with Gasteiger partial charge in [0.25, 0.3) is 0 Å². The van der Waals surface area contributed by atoms with E-state index in [0.717, 1.165) is 47.4 Å². The molecule has 1 aliphatic rings. The number of anilines is 1. The minimum absolute atomic E-state index is 0.558. The first-order valence-electron chi connectivity index (χ1n) is 7.19. The van der Waals surface area contributed by atoms with Gasteiger partial charge in [-0.2, -0.15) is 0 Å². The highest BCUT2D eigenvalue weighted by Gasteiger charge is 2.21. The van der Waals surface area contributed by atoms with E-state index >= 15 is 0 Å². The fraction of sp³-hybridized carbons (Fsp3) is 0.467. The molecule has 112 valence electrons. The zero-order valence-electron chi connectivity index (χ0n) is 12.4. The van der Waals surface area contributed by atoms with Gasteiger partial charge in [0, 0.05) is 18.7 Å². The average Bonchev–Trinajstić information content (AvgIpc) is 3.05. The molecule has 3 rings (SSSR count). The molecule has 2 aromatic rings. The summed E-state index contributed by atoms with van der Waals surface area (Å²) in [5.41, 5.74) is 1.08. The molecule has 0 bridgehead atoms. The fourth-order valence-electron chi connectivity index (χ4n) is 2.56. The van der Waals surface area contributed by atoms with Gasteiger partial charge in [-0.15, -0.1) is 10.2 Å². The Balaban J connectivity index is 1.75. The van der Waals surface area contributed by atoms with Crippen LogP contribution in [0.4, 0.5) is 5.13 Å². The lowest BCUT2D eigenvalue weighted by Gasteiger charge is -2.30. The Morgan fingerprint density at radius 1 is 1.19 bits per heavy atom. The zero-order chi connectivity index (χ0) is 14.7. The van der Waals surface area contributed by atoms with Gasteiger partial charge in [0.15, 0.2) is 0 Å². The van der Waals surface area contributed by atoms with E-state index in [1.165, 1.54) is 0 Å². The van der Waals surface area contributed by atoms with E-state index in [-0.39, 0.29) is 0 Å². The van der Waals surface area contributed by atoms with E-state index in [0.29, 0.717) is 6.04 Å². The van der Waals surface area contributed by atoms with E-state index in [1.807, 2.05) is 24.3 Å². The molecule has 0 unspecified atom stereocenters. The number of methoxy groups -OCH3 is 1. The van der Waals surface area contributed by atoms with Crippen LogP contribution in [0.3, 0.4) is 0 Å². The summed E-state index contributed by atoms with van der Waals surface area (Å²) in [6.07, 6.45) is 2.32. The Bertz CT molecular complexity index is 578. The third-order valence-electron chi connectivity index (χ3n) is 3.91. The molecule has 21 heavy (non-hydrogen) atoms. The van der Waals surface area contributed by atoms with Crippen LogP contribution in [-0.2, 0) is 0 Å². The molecule has 0 atom stereocenters. The molecule has 5 nitrogen and oxygen atoms in total. The van der Waals surface area contributed by atoms with Gasteiger partial charge in [0.05, 0.1) is 7.11 Å². The monoisotopic (exact) mass is 304 g/mol. The Labute approximate surface area is 129 Å². The van der Waals surface area contributed by atoms with Crippen LogP contribution in [0.15, 0.2) is 24.3 Å². The molecule has 1 N–H and O–H groups in total. The van der Waals surface area contributed by atoms with Crippen LogP contribution in [0.25, 0.3) is 10.6 Å². The highest BCUT2D eigenvalue weighted by atomic mass is 32.1. The quantitative estimate of drug-likeness (QED) is 0.940. The minimum atomic E-state index is 0.558. The van der Waals surface area contributed by atoms with Crippen molar-refractivity contribution in [2.75, 3.05) is 32.1 Å². The number of hydrogen-bond acceptors (Lipinski definition) is 6. The van der Waals surface area contributed by atoms with Crippen molar-refractivity contribution in [1.29, 1.82) is 0 Å². The van der Waals surface area contributed by atoms with Crippen molar-refractivity contribution in [3.05, 3.63) is 24.3 Å². The van der Waals surface area contributed by atoms with Gasteiger partial charge < -0.3 is 15.0 Å². The van der Waals surface area contributed by atoms with Crippen LogP contribution in [0.1, 0.15) is 12.8 Å². The minimum Gasteiger partial charge on any atom is -0.497 e. The van der Waals surface area contributed by atoms with Crippen LogP contribution < -0.4 is 15.0 Å². The van der Waals surface area contributed by atoms with Crippen molar-refractivity contribution in [3.8, 4) is 16.3 Å². The molecule has 1 aliphatic heterocycles. The Hall–Kier alpha value is -1.66. The summed E-state index contributed by atoms with van der Waals surface area (Å²) in [5, 5.41) is 14.0. The molecule has 1 fully saturated rings. The molecule has 0 radical (unpaired) electrons. The maximum atomic E-state index is 5.18. The molecule has 6 heteroatoms. The topological polar surface area (TPSA) is 50.3 Å². The summed E-state index contributed by atoms with van der Waals surface area (Å²) in [7, 11) is 3.79. The van der Waals surface area contributed by atoms with Crippen LogP contribution in [0, 0.1) is 0 Å². The van der Waals surface area contributed by atoms with Gasteiger partial charge in [-0.1, -0.05) is 11.3 Å². The second kappa shape index (κ2) is 6.41. The lowest BCUT2D eigenvalue weighted by atomic mass is 10.1. The lowest BCUT2D eigenvalue weighted by molar-refractivity contribution is 0.415. The molecule has 2 heterocycles. The molecule has 0 saturated carbocycles. The van der Waals surface area contributed by atoms with Crippen molar-refractivity contribution in [2.24, 2.45) is 0 Å². The standard InChI is InChI=1S/C15H20N4OS/c1-19(12-7-9-16-10-8-12)15-18-17-14(21-15)11-3-5-13(20-2)6-4-11/h3-6,12,16H,7-10H2,1-2H3. The van der Waals surface area contributed by atoms with E-state index in [1.54, 1.807) is 18.4 Å². The van der Waals surface area contributed by atoms with E-state index < -0.39 is 0 Å². The molecular formula is C15H20N4OS. The van der Waals surface area contributed by atoms with Gasteiger partial charge in [-0.3, -0.25) is 0 Å². The van der Waals surface area contributed by atoms with Gasteiger partial charge in [-0.05, 0) is 50.2 Å². The Morgan fingerprint density at radius 2 is 1.90 bits per heavy atom. The average molecular weight is 304 g/mol. The summed E-state index contributed by atoms with van der Waals surface area (Å²) in [6, 6.07) is 8.50. The third-order valence-corrected chi connectivity index (χ3v) is 4.97. The number of ether oxygens (including phenoxy) is 1. The van der Waals surface area contributed by atoms with Crippen molar-refractivity contribution >= 4 is 16.5 Å². The Morgan fingerprint density at radius 3 is 2.57 bits per heavy atom. The Kier molecular flexibility index (Phi) is 4.36. The number of benzene rings is 1. The van der Waals surface area contributed by atoms with Gasteiger partial charge in [-0.25, -0.2) is 0 Å². The van der Waals surface area contributed by atoms with Crippen LogP contribution >= 0.6 is 11.3 Å². The first-order chi connectivity index (χ1) is 10.3. The number of nitrogens with one attached hydrogen (secondary N) is 1.